The van der Waals surface area contributed by atoms with Crippen LogP contribution >= 0.6 is 0 Å². The van der Waals surface area contributed by atoms with Crippen molar-refractivity contribution < 1.29 is 37.6 Å². The molecule has 1 aromatic heterocycles. The Balaban J connectivity index is 1.68. The minimum absolute atomic E-state index is 0.544. The van der Waals surface area contributed by atoms with Gasteiger partial charge in [0.1, 0.15) is 0 Å². The molecule has 2 saturated heterocycles. The third kappa shape index (κ3) is 5.88. The van der Waals surface area contributed by atoms with Crippen molar-refractivity contribution in [2.45, 2.75) is 77.8 Å². The molecule has 12 heteroatoms. The van der Waals surface area contributed by atoms with Crippen molar-refractivity contribution in [2.75, 3.05) is 28.4 Å². The van der Waals surface area contributed by atoms with E-state index in [-0.39, 0.29) is 0 Å². The molecule has 2 fully saturated rings. The molecule has 0 spiro atoms. The van der Waals surface area contributed by atoms with Gasteiger partial charge < -0.3 is 37.6 Å². The Labute approximate surface area is 290 Å². The van der Waals surface area contributed by atoms with Crippen molar-refractivity contribution in [3.63, 3.8) is 0 Å². The summed E-state index contributed by atoms with van der Waals surface area (Å²) in [5.41, 5.74) is 3.19. The molecule has 3 aromatic carbocycles. The van der Waals surface area contributed by atoms with E-state index >= 15 is 0 Å². The van der Waals surface area contributed by atoms with E-state index in [0.717, 1.165) is 39.0 Å². The Morgan fingerprint density at radius 3 is 1.35 bits per heavy atom. The van der Waals surface area contributed by atoms with Crippen LogP contribution in [-0.4, -0.2) is 74.9 Å². The molecule has 0 unspecified atom stereocenters. The SMILES string of the molecule is COc1cc(B2OC(C)(C)C(C)(C)O2)c(-c2cnn(-c3ccccc3)c2-c2cc(OC)c(OC)cc2B2OC(C)(C)C(C)(C)O2)cc1OC. The van der Waals surface area contributed by atoms with Crippen molar-refractivity contribution in [2.24, 2.45) is 0 Å². The van der Waals surface area contributed by atoms with E-state index in [1.807, 2.05) is 121 Å². The van der Waals surface area contributed by atoms with Crippen LogP contribution in [0.25, 0.3) is 28.1 Å². The van der Waals surface area contributed by atoms with Gasteiger partial charge in [0.15, 0.2) is 23.0 Å². The van der Waals surface area contributed by atoms with Gasteiger partial charge in [-0.25, -0.2) is 4.68 Å². The zero-order chi connectivity index (χ0) is 35.5. The van der Waals surface area contributed by atoms with Crippen LogP contribution in [0.4, 0.5) is 0 Å². The van der Waals surface area contributed by atoms with Crippen LogP contribution in [0.3, 0.4) is 0 Å². The zero-order valence-electron chi connectivity index (χ0n) is 30.6. The predicted octanol–water partition coefficient (Wildman–Crippen LogP) is 5.84. The molecular weight excluding hydrogens is 622 g/mol. The molecule has 0 bridgehead atoms. The van der Waals surface area contributed by atoms with Gasteiger partial charge in [-0.15, -0.1) is 0 Å². The van der Waals surface area contributed by atoms with Gasteiger partial charge in [0.25, 0.3) is 0 Å². The highest BCUT2D eigenvalue weighted by Gasteiger charge is 2.54. The average molecular weight is 668 g/mol. The van der Waals surface area contributed by atoms with E-state index < -0.39 is 36.6 Å². The summed E-state index contributed by atoms with van der Waals surface area (Å²) >= 11 is 0. The van der Waals surface area contributed by atoms with E-state index in [1.165, 1.54) is 0 Å². The fourth-order valence-corrected chi connectivity index (χ4v) is 6.13. The van der Waals surface area contributed by atoms with Crippen molar-refractivity contribution in [3.05, 3.63) is 60.8 Å². The van der Waals surface area contributed by atoms with E-state index in [4.69, 9.17) is 42.7 Å². The summed E-state index contributed by atoms with van der Waals surface area (Å²) in [5, 5.41) is 4.99. The smallest absolute Gasteiger partial charge is 0.493 e. The minimum Gasteiger partial charge on any atom is -0.493 e. The maximum atomic E-state index is 6.65. The number of benzene rings is 3. The minimum atomic E-state index is -0.722. The van der Waals surface area contributed by atoms with Gasteiger partial charge in [-0.1, -0.05) is 18.2 Å². The molecule has 0 amide bonds. The standard InChI is InChI=1S/C37H46B2N2O8/c1-34(2)35(3,4)47-38(46-34)27-20-31(44-11)29(42-9)18-24(27)26-22-40-41(23-16-14-13-15-17-23)33(26)25-19-30(43-10)32(45-12)21-28(25)39-48-36(5,6)37(7,8)49-39/h13-22H,1-12H3. The van der Waals surface area contributed by atoms with Gasteiger partial charge >= 0.3 is 14.2 Å². The molecule has 0 radical (unpaired) electrons. The first-order valence-electron chi connectivity index (χ1n) is 16.5. The predicted molar refractivity (Wildman–Crippen MR) is 192 cm³/mol. The normalized spacial score (nSPS) is 18.9. The second kappa shape index (κ2) is 12.4. The lowest BCUT2D eigenvalue weighted by Crippen LogP contribution is -2.41. The Hall–Kier alpha value is -3.96. The van der Waals surface area contributed by atoms with Crippen molar-refractivity contribution in [1.29, 1.82) is 0 Å². The molecule has 3 heterocycles. The van der Waals surface area contributed by atoms with Gasteiger partial charge in [-0.2, -0.15) is 5.10 Å². The number of hydrogen-bond donors (Lipinski definition) is 0. The summed E-state index contributed by atoms with van der Waals surface area (Å²) in [6, 6.07) is 17.7. The number of ether oxygens (including phenoxy) is 4. The van der Waals surface area contributed by atoms with Crippen LogP contribution in [0.2, 0.25) is 0 Å². The second-order valence-electron chi connectivity index (χ2n) is 14.4. The lowest BCUT2D eigenvalue weighted by molar-refractivity contribution is 0.00578. The van der Waals surface area contributed by atoms with Crippen LogP contribution in [0.1, 0.15) is 55.4 Å². The maximum absolute atomic E-state index is 6.65. The maximum Gasteiger partial charge on any atom is 0.495 e. The molecule has 258 valence electrons. The third-order valence-corrected chi connectivity index (χ3v) is 10.4. The molecule has 6 rings (SSSR count). The molecule has 0 N–H and O–H groups in total. The van der Waals surface area contributed by atoms with Crippen molar-refractivity contribution in [3.8, 4) is 51.1 Å². The second-order valence-corrected chi connectivity index (χ2v) is 14.4. The number of methoxy groups -OCH3 is 4. The molecule has 4 aromatic rings. The number of rotatable bonds is 9. The van der Waals surface area contributed by atoms with E-state index in [0.29, 0.717) is 23.0 Å². The molecular formula is C37H46B2N2O8. The topological polar surface area (TPSA) is 91.7 Å². The molecule has 0 saturated carbocycles. The number of para-hydroxylation sites is 1. The monoisotopic (exact) mass is 668 g/mol. The van der Waals surface area contributed by atoms with Gasteiger partial charge in [-0.05, 0) is 108 Å². The summed E-state index contributed by atoms with van der Waals surface area (Å²) in [5.74, 6) is 2.20. The lowest BCUT2D eigenvalue weighted by atomic mass is 9.72. The lowest BCUT2D eigenvalue weighted by Gasteiger charge is -2.32. The largest absolute Gasteiger partial charge is 0.495 e. The first kappa shape index (κ1) is 34.9. The van der Waals surface area contributed by atoms with Crippen LogP contribution in [0.15, 0.2) is 60.8 Å². The van der Waals surface area contributed by atoms with Gasteiger partial charge in [0.05, 0.1) is 68.4 Å². The Kier molecular flexibility index (Phi) is 8.84. The molecule has 0 atom stereocenters. The summed E-state index contributed by atoms with van der Waals surface area (Å²) < 4.78 is 51.7. The Morgan fingerprint density at radius 2 is 0.918 bits per heavy atom. The summed E-state index contributed by atoms with van der Waals surface area (Å²) in [6.45, 7) is 16.3. The van der Waals surface area contributed by atoms with E-state index in [1.54, 1.807) is 28.4 Å². The molecule has 2 aliphatic heterocycles. The molecule has 2 aliphatic rings. The highest BCUT2D eigenvalue weighted by molar-refractivity contribution is 6.65. The van der Waals surface area contributed by atoms with Crippen LogP contribution in [-0.2, 0) is 18.6 Å². The van der Waals surface area contributed by atoms with Gasteiger partial charge in [-0.3, -0.25) is 0 Å². The summed E-state index contributed by atoms with van der Waals surface area (Å²) in [4.78, 5) is 0. The van der Waals surface area contributed by atoms with Crippen LogP contribution < -0.4 is 29.9 Å². The average Bonchev–Trinajstić information content (AvgIpc) is 3.67. The fourth-order valence-electron chi connectivity index (χ4n) is 6.13. The van der Waals surface area contributed by atoms with E-state index in [9.17, 15) is 0 Å². The summed E-state index contributed by atoms with van der Waals surface area (Å²) in [7, 11) is 5.04. The molecule has 10 nitrogen and oxygen atoms in total. The van der Waals surface area contributed by atoms with Crippen LogP contribution in [0, 0.1) is 0 Å². The highest BCUT2D eigenvalue weighted by Crippen LogP contribution is 2.44. The van der Waals surface area contributed by atoms with E-state index in [2.05, 4.69) is 0 Å². The van der Waals surface area contributed by atoms with Gasteiger partial charge in [0, 0.05) is 11.1 Å². The van der Waals surface area contributed by atoms with Crippen molar-refractivity contribution >= 4 is 25.2 Å². The Bertz CT molecular complexity index is 1820. The molecule has 0 aliphatic carbocycles. The zero-order valence-corrected chi connectivity index (χ0v) is 30.6. The number of aromatic nitrogens is 2. The van der Waals surface area contributed by atoms with Crippen LogP contribution in [0.5, 0.6) is 23.0 Å². The first-order valence-corrected chi connectivity index (χ1v) is 16.5. The number of hydrogen-bond acceptors (Lipinski definition) is 9. The fraction of sp³-hybridized carbons (Fsp3) is 0.432. The third-order valence-electron chi connectivity index (χ3n) is 10.4. The quantitative estimate of drug-likeness (QED) is 0.204. The van der Waals surface area contributed by atoms with Crippen molar-refractivity contribution in [1.82, 2.24) is 9.78 Å². The Morgan fingerprint density at radius 1 is 0.531 bits per heavy atom. The van der Waals surface area contributed by atoms with Gasteiger partial charge in [0.2, 0.25) is 0 Å². The number of nitrogens with zero attached hydrogens (tertiary/aromatic N) is 2. The highest BCUT2D eigenvalue weighted by atomic mass is 16.7. The summed E-state index contributed by atoms with van der Waals surface area (Å²) in [6.07, 6.45) is 1.85. The molecule has 49 heavy (non-hydrogen) atoms. The first-order chi connectivity index (χ1) is 23.1.